The summed E-state index contributed by atoms with van der Waals surface area (Å²) in [5.74, 6) is -0.712. The van der Waals surface area contributed by atoms with E-state index in [-0.39, 0.29) is 12.3 Å². The number of carbonyl (C=O) groups is 1. The van der Waals surface area contributed by atoms with E-state index in [1.807, 2.05) is 18.2 Å². The van der Waals surface area contributed by atoms with Crippen LogP contribution < -0.4 is 0 Å². The number of carboxylic acids is 1. The summed E-state index contributed by atoms with van der Waals surface area (Å²) in [6.45, 7) is 1.06. The fourth-order valence-electron chi connectivity index (χ4n) is 2.65. The molecule has 1 aromatic carbocycles. The van der Waals surface area contributed by atoms with Gasteiger partial charge in [-0.1, -0.05) is 24.3 Å². The van der Waals surface area contributed by atoms with Gasteiger partial charge in [0, 0.05) is 13.1 Å². The van der Waals surface area contributed by atoms with Crippen LogP contribution in [-0.2, 0) is 21.2 Å². The molecule has 1 unspecified atom stereocenters. The third kappa shape index (κ3) is 3.80. The lowest BCUT2D eigenvalue weighted by molar-refractivity contribution is -0.136. The van der Waals surface area contributed by atoms with Gasteiger partial charge < -0.3 is 5.11 Å². The number of hydrogen-bond acceptors (Lipinski definition) is 3. The van der Waals surface area contributed by atoms with Crippen molar-refractivity contribution in [3.63, 3.8) is 0 Å². The highest BCUT2D eigenvalue weighted by atomic mass is 32.2. The predicted molar refractivity (Wildman–Crippen MR) is 76.2 cm³/mol. The van der Waals surface area contributed by atoms with E-state index in [4.69, 9.17) is 5.11 Å². The molecule has 1 atom stereocenters. The molecule has 1 N–H and O–H groups in total. The average molecular weight is 297 g/mol. The molecule has 0 aromatic heterocycles. The van der Waals surface area contributed by atoms with Gasteiger partial charge in [-0.25, -0.2) is 12.7 Å². The van der Waals surface area contributed by atoms with E-state index < -0.39 is 16.0 Å². The number of rotatable bonds is 4. The second-order valence-corrected chi connectivity index (χ2v) is 7.26. The molecule has 0 aliphatic carbocycles. The number of nitrogens with zero attached hydrogens (tertiary/aromatic N) is 1. The summed E-state index contributed by atoms with van der Waals surface area (Å²) in [7, 11) is -3.16. The number of benzene rings is 1. The van der Waals surface area contributed by atoms with Crippen molar-refractivity contribution >= 4 is 16.0 Å². The summed E-state index contributed by atoms with van der Waals surface area (Å²) >= 11 is 0. The number of hydrogen-bond donors (Lipinski definition) is 1. The third-order valence-electron chi connectivity index (χ3n) is 3.63. The molecule has 0 saturated carbocycles. The van der Waals surface area contributed by atoms with Gasteiger partial charge in [0.15, 0.2) is 0 Å². The number of aliphatic carboxylic acids is 1. The minimum absolute atomic E-state index is 0.00362. The van der Waals surface area contributed by atoms with Crippen molar-refractivity contribution in [1.29, 1.82) is 0 Å². The van der Waals surface area contributed by atoms with Crippen LogP contribution in [0.2, 0.25) is 0 Å². The Labute approximate surface area is 119 Å². The van der Waals surface area contributed by atoms with E-state index in [1.54, 1.807) is 6.07 Å². The Bertz CT molecular complexity index is 597. The Morgan fingerprint density at radius 2 is 2.20 bits per heavy atom. The molecular formula is C14H19NO4S. The summed E-state index contributed by atoms with van der Waals surface area (Å²) in [5, 5.41) is 8.83. The van der Waals surface area contributed by atoms with Crippen molar-refractivity contribution in [2.45, 2.75) is 25.2 Å². The smallest absolute Gasteiger partial charge is 0.307 e. The van der Waals surface area contributed by atoms with E-state index in [1.165, 1.54) is 10.6 Å². The highest BCUT2D eigenvalue weighted by Gasteiger charge is 2.26. The summed E-state index contributed by atoms with van der Waals surface area (Å²) in [5.41, 5.74) is 1.78. The van der Waals surface area contributed by atoms with Gasteiger partial charge in [-0.15, -0.1) is 0 Å². The lowest BCUT2D eigenvalue weighted by Gasteiger charge is -2.31. The standard InChI is InChI=1S/C14H19NO4S/c1-20(18,19)15-7-3-6-13(10-15)12-5-2-4-11(8-12)9-14(16)17/h2,4-5,8,13H,3,6-7,9-10H2,1H3,(H,16,17). The van der Waals surface area contributed by atoms with Crippen molar-refractivity contribution in [1.82, 2.24) is 4.31 Å². The van der Waals surface area contributed by atoms with E-state index >= 15 is 0 Å². The molecule has 0 amide bonds. The molecule has 0 bridgehead atoms. The lowest BCUT2D eigenvalue weighted by Crippen LogP contribution is -2.38. The van der Waals surface area contributed by atoms with Crippen LogP contribution in [0.3, 0.4) is 0 Å². The molecule has 20 heavy (non-hydrogen) atoms. The first kappa shape index (κ1) is 15.0. The van der Waals surface area contributed by atoms with Gasteiger partial charge in [-0.2, -0.15) is 0 Å². The molecule has 2 rings (SSSR count). The molecule has 1 aliphatic rings. The highest BCUT2D eigenvalue weighted by molar-refractivity contribution is 7.88. The van der Waals surface area contributed by atoms with Crippen molar-refractivity contribution in [2.24, 2.45) is 0 Å². The summed E-state index contributed by atoms with van der Waals surface area (Å²) in [6, 6.07) is 7.45. The SMILES string of the molecule is CS(=O)(=O)N1CCCC(c2cccc(CC(=O)O)c2)C1. The van der Waals surface area contributed by atoms with Crippen LogP contribution in [0.1, 0.15) is 29.9 Å². The second-order valence-electron chi connectivity index (χ2n) is 5.28. The third-order valence-corrected chi connectivity index (χ3v) is 4.90. The second kappa shape index (κ2) is 5.93. The molecule has 5 nitrogen and oxygen atoms in total. The van der Waals surface area contributed by atoms with Crippen LogP contribution in [0, 0.1) is 0 Å². The van der Waals surface area contributed by atoms with Gasteiger partial charge in [0.05, 0.1) is 12.7 Å². The molecule has 1 heterocycles. The summed E-state index contributed by atoms with van der Waals surface area (Å²) in [6.07, 6.45) is 3.00. The Morgan fingerprint density at radius 1 is 1.45 bits per heavy atom. The predicted octanol–water partition coefficient (Wildman–Crippen LogP) is 1.45. The van der Waals surface area contributed by atoms with Gasteiger partial charge in [-0.3, -0.25) is 4.79 Å². The fourth-order valence-corrected chi connectivity index (χ4v) is 3.56. The molecule has 1 aromatic rings. The first-order valence-corrected chi connectivity index (χ1v) is 8.47. The van der Waals surface area contributed by atoms with Crippen molar-refractivity contribution in [3.8, 4) is 0 Å². The van der Waals surface area contributed by atoms with E-state index in [0.29, 0.717) is 13.1 Å². The minimum atomic E-state index is -3.16. The molecule has 6 heteroatoms. The van der Waals surface area contributed by atoms with Gasteiger partial charge in [0.1, 0.15) is 0 Å². The zero-order valence-corrected chi connectivity index (χ0v) is 12.3. The average Bonchev–Trinajstić information content (AvgIpc) is 2.37. The Kier molecular flexibility index (Phi) is 4.45. The molecule has 110 valence electrons. The number of sulfonamides is 1. The van der Waals surface area contributed by atoms with Crippen LogP contribution >= 0.6 is 0 Å². The minimum Gasteiger partial charge on any atom is -0.481 e. The number of carboxylic acid groups (broad SMARTS) is 1. The molecule has 1 fully saturated rings. The van der Waals surface area contributed by atoms with Crippen LogP contribution in [-0.4, -0.2) is 43.1 Å². The molecule has 1 aliphatic heterocycles. The highest BCUT2D eigenvalue weighted by Crippen LogP contribution is 2.28. The van der Waals surface area contributed by atoms with Crippen molar-refractivity contribution in [2.75, 3.05) is 19.3 Å². The normalized spacial score (nSPS) is 20.8. The monoisotopic (exact) mass is 297 g/mol. The number of piperidine rings is 1. The van der Waals surface area contributed by atoms with Gasteiger partial charge in [0.25, 0.3) is 0 Å². The first-order valence-electron chi connectivity index (χ1n) is 6.62. The van der Waals surface area contributed by atoms with Crippen molar-refractivity contribution in [3.05, 3.63) is 35.4 Å². The van der Waals surface area contributed by atoms with Crippen LogP contribution in [0.5, 0.6) is 0 Å². The molecule has 0 spiro atoms. The Morgan fingerprint density at radius 3 is 2.85 bits per heavy atom. The van der Waals surface area contributed by atoms with Gasteiger partial charge in [-0.05, 0) is 29.9 Å². The first-order chi connectivity index (χ1) is 9.36. The summed E-state index contributed by atoms with van der Waals surface area (Å²) in [4.78, 5) is 10.8. The topological polar surface area (TPSA) is 74.7 Å². The maximum absolute atomic E-state index is 11.6. The lowest BCUT2D eigenvalue weighted by atomic mass is 9.90. The van der Waals surface area contributed by atoms with Crippen LogP contribution in [0.25, 0.3) is 0 Å². The zero-order valence-electron chi connectivity index (χ0n) is 11.4. The fraction of sp³-hybridized carbons (Fsp3) is 0.500. The van der Waals surface area contributed by atoms with E-state index in [2.05, 4.69) is 0 Å². The van der Waals surface area contributed by atoms with Gasteiger partial charge in [0.2, 0.25) is 10.0 Å². The maximum atomic E-state index is 11.6. The maximum Gasteiger partial charge on any atom is 0.307 e. The van der Waals surface area contributed by atoms with Crippen LogP contribution in [0.15, 0.2) is 24.3 Å². The largest absolute Gasteiger partial charge is 0.481 e. The summed E-state index contributed by atoms with van der Waals surface area (Å²) < 4.78 is 24.8. The quantitative estimate of drug-likeness (QED) is 0.913. The Hall–Kier alpha value is -1.40. The molecule has 1 saturated heterocycles. The van der Waals surface area contributed by atoms with E-state index in [9.17, 15) is 13.2 Å². The Balaban J connectivity index is 2.16. The van der Waals surface area contributed by atoms with E-state index in [0.717, 1.165) is 24.0 Å². The zero-order chi connectivity index (χ0) is 14.8. The van der Waals surface area contributed by atoms with Crippen LogP contribution in [0.4, 0.5) is 0 Å². The molecular weight excluding hydrogens is 278 g/mol. The van der Waals surface area contributed by atoms with Crippen molar-refractivity contribution < 1.29 is 18.3 Å². The van der Waals surface area contributed by atoms with Gasteiger partial charge >= 0.3 is 5.97 Å². The molecule has 0 radical (unpaired) electrons.